The Hall–Kier alpha value is -2.80. The molecule has 3 heterocycles. The molecule has 4 rings (SSSR count). The predicted octanol–water partition coefficient (Wildman–Crippen LogP) is 4.32. The van der Waals surface area contributed by atoms with E-state index in [1.807, 2.05) is 30.8 Å². The maximum atomic E-state index is 6.08. The Morgan fingerprint density at radius 1 is 1.23 bits per heavy atom. The van der Waals surface area contributed by atoms with E-state index in [4.69, 9.17) is 21.3 Å². The monoisotopic (exact) mass is 370 g/mol. The van der Waals surface area contributed by atoms with E-state index in [9.17, 15) is 0 Å². The number of hydrogen-bond donors (Lipinski definition) is 1. The molecule has 0 bridgehead atoms. The first-order valence-corrected chi connectivity index (χ1v) is 8.83. The fraction of sp³-hybridized carbons (Fsp3) is 0.278. The van der Waals surface area contributed by atoms with Gasteiger partial charge in [0.2, 0.25) is 5.88 Å². The number of fused-ring (bicyclic) bond motifs is 1. The summed E-state index contributed by atoms with van der Waals surface area (Å²) in [5.74, 6) is 2.03. The Balaban J connectivity index is 1.78. The molecule has 26 heavy (non-hydrogen) atoms. The fourth-order valence-electron chi connectivity index (χ4n) is 2.98. The summed E-state index contributed by atoms with van der Waals surface area (Å²) in [7, 11) is 1.85. The Morgan fingerprint density at radius 3 is 2.73 bits per heavy atom. The van der Waals surface area contributed by atoms with Crippen molar-refractivity contribution >= 4 is 22.8 Å². The minimum atomic E-state index is 0.622. The van der Waals surface area contributed by atoms with E-state index in [-0.39, 0.29) is 0 Å². The molecule has 0 fully saturated rings. The minimum Gasteiger partial charge on any atom is -0.439 e. The molecule has 134 valence electrons. The van der Waals surface area contributed by atoms with Gasteiger partial charge in [0.1, 0.15) is 22.7 Å². The first kappa shape index (κ1) is 16.7. The average Bonchev–Trinajstić information content (AvgIpc) is 3.25. The largest absolute Gasteiger partial charge is 0.439 e. The second kappa shape index (κ2) is 6.49. The lowest BCUT2D eigenvalue weighted by Crippen LogP contribution is -1.99. The summed E-state index contributed by atoms with van der Waals surface area (Å²) in [6.45, 7) is 4.88. The summed E-state index contributed by atoms with van der Waals surface area (Å²) in [5.41, 5.74) is 3.40. The number of aryl methyl sites for hydroxylation is 3. The molecule has 0 spiro atoms. The van der Waals surface area contributed by atoms with Crippen LogP contribution in [0.25, 0.3) is 22.6 Å². The molecule has 1 N–H and O–H groups in total. The van der Waals surface area contributed by atoms with Crippen molar-refractivity contribution < 1.29 is 4.74 Å². The smallest absolute Gasteiger partial charge is 0.228 e. The summed E-state index contributed by atoms with van der Waals surface area (Å²) in [5, 5.41) is 9.53. The van der Waals surface area contributed by atoms with Gasteiger partial charge in [-0.2, -0.15) is 10.2 Å². The second-order valence-corrected chi connectivity index (χ2v) is 6.57. The van der Waals surface area contributed by atoms with Crippen LogP contribution in [0.4, 0.5) is 0 Å². The number of H-pyrrole nitrogens is 1. The van der Waals surface area contributed by atoms with Gasteiger partial charge in [-0.25, -0.2) is 14.3 Å². The number of nitrogens with one attached hydrogen (secondary N) is 1. The molecule has 0 aliphatic heterocycles. The standard InChI is InChI=1S/C18H19ClN6O/c1-4-9-25-17-14(10-20-25)21-16(22-17)15-11(2)23-24(3)18(15)26-13-7-5-12(19)6-8-13/h5-8,10H,4,9H2,1-3H3,(H,21,22). The Morgan fingerprint density at radius 2 is 2.00 bits per heavy atom. The molecule has 0 amide bonds. The summed E-state index contributed by atoms with van der Waals surface area (Å²) in [6, 6.07) is 7.24. The Bertz CT molecular complexity index is 1060. The number of hydrogen-bond acceptors (Lipinski definition) is 4. The van der Waals surface area contributed by atoms with Gasteiger partial charge in [-0.3, -0.25) is 0 Å². The van der Waals surface area contributed by atoms with Crippen molar-refractivity contribution in [3.05, 3.63) is 41.2 Å². The molecule has 0 unspecified atom stereocenters. The van der Waals surface area contributed by atoms with E-state index in [0.29, 0.717) is 16.7 Å². The third kappa shape index (κ3) is 2.84. The molecule has 0 saturated heterocycles. The van der Waals surface area contributed by atoms with Crippen LogP contribution in [0.1, 0.15) is 19.0 Å². The van der Waals surface area contributed by atoms with Crippen LogP contribution in [-0.2, 0) is 13.6 Å². The van der Waals surface area contributed by atoms with Crippen molar-refractivity contribution in [2.24, 2.45) is 7.05 Å². The van der Waals surface area contributed by atoms with Crippen LogP contribution in [0.15, 0.2) is 30.5 Å². The minimum absolute atomic E-state index is 0.622. The SMILES string of the molecule is CCCn1ncc2[nH]c(-c3c(C)nn(C)c3Oc3ccc(Cl)cc3)nc21. The number of imidazole rings is 1. The van der Waals surface area contributed by atoms with Crippen LogP contribution in [0.2, 0.25) is 5.02 Å². The summed E-state index contributed by atoms with van der Waals surface area (Å²) < 4.78 is 9.70. The summed E-state index contributed by atoms with van der Waals surface area (Å²) in [4.78, 5) is 8.07. The van der Waals surface area contributed by atoms with Crippen LogP contribution < -0.4 is 4.74 Å². The van der Waals surface area contributed by atoms with Crippen LogP contribution in [0, 0.1) is 6.92 Å². The average molecular weight is 371 g/mol. The van der Waals surface area contributed by atoms with Crippen molar-refractivity contribution in [1.29, 1.82) is 0 Å². The zero-order chi connectivity index (χ0) is 18.3. The first-order valence-electron chi connectivity index (χ1n) is 8.45. The van der Waals surface area contributed by atoms with Crippen molar-refractivity contribution in [3.63, 3.8) is 0 Å². The molecular formula is C18H19ClN6O. The van der Waals surface area contributed by atoms with Crippen LogP contribution in [0.5, 0.6) is 11.6 Å². The molecule has 0 saturated carbocycles. The second-order valence-electron chi connectivity index (χ2n) is 6.14. The molecule has 0 atom stereocenters. The van der Waals surface area contributed by atoms with Gasteiger partial charge in [-0.1, -0.05) is 18.5 Å². The van der Waals surface area contributed by atoms with Gasteiger partial charge in [0.25, 0.3) is 0 Å². The van der Waals surface area contributed by atoms with Crippen LogP contribution >= 0.6 is 11.6 Å². The third-order valence-electron chi connectivity index (χ3n) is 4.15. The van der Waals surface area contributed by atoms with E-state index in [1.54, 1.807) is 23.0 Å². The van der Waals surface area contributed by atoms with Gasteiger partial charge < -0.3 is 9.72 Å². The van der Waals surface area contributed by atoms with Gasteiger partial charge >= 0.3 is 0 Å². The molecule has 4 aromatic rings. The van der Waals surface area contributed by atoms with E-state index >= 15 is 0 Å². The topological polar surface area (TPSA) is 73.5 Å². The normalized spacial score (nSPS) is 11.4. The molecule has 8 heteroatoms. The van der Waals surface area contributed by atoms with Crippen molar-refractivity contribution in [2.75, 3.05) is 0 Å². The zero-order valence-electron chi connectivity index (χ0n) is 14.8. The third-order valence-corrected chi connectivity index (χ3v) is 4.40. The van der Waals surface area contributed by atoms with Crippen molar-refractivity contribution in [3.8, 4) is 23.0 Å². The maximum Gasteiger partial charge on any atom is 0.228 e. The highest BCUT2D eigenvalue weighted by Gasteiger charge is 2.21. The molecule has 3 aromatic heterocycles. The van der Waals surface area contributed by atoms with Gasteiger partial charge in [-0.05, 0) is 37.6 Å². The van der Waals surface area contributed by atoms with Gasteiger partial charge in [0, 0.05) is 18.6 Å². The zero-order valence-corrected chi connectivity index (χ0v) is 15.6. The quantitative estimate of drug-likeness (QED) is 0.567. The number of rotatable bonds is 5. The van der Waals surface area contributed by atoms with Crippen molar-refractivity contribution in [1.82, 2.24) is 29.5 Å². The van der Waals surface area contributed by atoms with Gasteiger partial charge in [-0.15, -0.1) is 0 Å². The number of aromatic nitrogens is 6. The van der Waals surface area contributed by atoms with E-state index in [0.717, 1.165) is 41.2 Å². The molecule has 7 nitrogen and oxygen atoms in total. The lowest BCUT2D eigenvalue weighted by Gasteiger charge is -2.08. The van der Waals surface area contributed by atoms with E-state index in [1.165, 1.54) is 0 Å². The highest BCUT2D eigenvalue weighted by Crippen LogP contribution is 2.35. The number of ether oxygens (including phenoxy) is 1. The molecule has 0 aliphatic carbocycles. The lowest BCUT2D eigenvalue weighted by molar-refractivity contribution is 0.432. The van der Waals surface area contributed by atoms with Gasteiger partial charge in [0.05, 0.1) is 11.9 Å². The van der Waals surface area contributed by atoms with E-state index < -0.39 is 0 Å². The molecule has 0 radical (unpaired) electrons. The lowest BCUT2D eigenvalue weighted by atomic mass is 10.2. The highest BCUT2D eigenvalue weighted by atomic mass is 35.5. The Kier molecular flexibility index (Phi) is 4.16. The van der Waals surface area contributed by atoms with Crippen LogP contribution in [-0.4, -0.2) is 29.5 Å². The van der Waals surface area contributed by atoms with Gasteiger partial charge in [0.15, 0.2) is 5.65 Å². The summed E-state index contributed by atoms with van der Waals surface area (Å²) >= 11 is 5.95. The Labute approximate surface area is 155 Å². The van der Waals surface area contributed by atoms with Crippen molar-refractivity contribution in [2.45, 2.75) is 26.8 Å². The maximum absolute atomic E-state index is 6.08. The summed E-state index contributed by atoms with van der Waals surface area (Å²) in [6.07, 6.45) is 2.79. The highest BCUT2D eigenvalue weighted by molar-refractivity contribution is 6.30. The molecule has 0 aliphatic rings. The number of nitrogens with zero attached hydrogens (tertiary/aromatic N) is 5. The number of halogens is 1. The number of benzene rings is 1. The molecule has 1 aromatic carbocycles. The van der Waals surface area contributed by atoms with Crippen LogP contribution in [0.3, 0.4) is 0 Å². The molecular weight excluding hydrogens is 352 g/mol. The number of aromatic amines is 1. The fourth-order valence-corrected chi connectivity index (χ4v) is 3.11. The first-order chi connectivity index (χ1) is 12.6. The predicted molar refractivity (Wildman–Crippen MR) is 101 cm³/mol. The van der Waals surface area contributed by atoms with E-state index in [2.05, 4.69) is 22.1 Å².